The summed E-state index contributed by atoms with van der Waals surface area (Å²) in [6.07, 6.45) is 3.38. The molecule has 6 nitrogen and oxygen atoms in total. The minimum absolute atomic E-state index is 0.168. The fraction of sp³-hybridized carbons (Fsp3) is 0.154. The van der Waals surface area contributed by atoms with Gasteiger partial charge in [-0.3, -0.25) is 9.78 Å². The number of aryl methyl sites for hydroxylation is 1. The Morgan fingerprint density at radius 1 is 1.32 bits per heavy atom. The van der Waals surface area contributed by atoms with Crippen LogP contribution in [0.25, 0.3) is 0 Å². The molecule has 0 radical (unpaired) electrons. The third kappa shape index (κ3) is 3.49. The lowest BCUT2D eigenvalue weighted by molar-refractivity contribution is 0.0950. The van der Waals surface area contributed by atoms with Gasteiger partial charge in [-0.05, 0) is 36.8 Å². The lowest BCUT2D eigenvalue weighted by Crippen LogP contribution is -2.23. The molecule has 0 unspecified atom stereocenters. The molecule has 0 saturated heterocycles. The molecule has 2 aromatic rings. The van der Waals surface area contributed by atoms with Gasteiger partial charge in [0.05, 0.1) is 0 Å². The van der Waals surface area contributed by atoms with Gasteiger partial charge in [0.1, 0.15) is 5.82 Å². The maximum absolute atomic E-state index is 12.0. The molecule has 1 amide bonds. The van der Waals surface area contributed by atoms with Gasteiger partial charge in [0.15, 0.2) is 0 Å². The smallest absolute Gasteiger partial charge is 0.251 e. The average Bonchev–Trinajstić information content (AvgIpc) is 2.45. The largest absolute Gasteiger partial charge is 0.348 e. The van der Waals surface area contributed by atoms with Crippen LogP contribution in [0.2, 0.25) is 0 Å². The van der Waals surface area contributed by atoms with E-state index in [1.54, 1.807) is 31.5 Å². The van der Waals surface area contributed by atoms with Gasteiger partial charge in [-0.15, -0.1) is 0 Å². The number of nitrogens with zero attached hydrogens (tertiary/aromatic N) is 2. The van der Waals surface area contributed by atoms with Crippen molar-refractivity contribution in [1.82, 2.24) is 15.3 Å². The van der Waals surface area contributed by atoms with Crippen molar-refractivity contribution in [3.63, 3.8) is 0 Å². The SMILES string of the molecule is Cc1cc(C(=O)NCc2ccncc2)cc(NN)n1. The number of anilines is 1. The summed E-state index contributed by atoms with van der Waals surface area (Å²) >= 11 is 0. The molecule has 0 atom stereocenters. The second kappa shape index (κ2) is 5.92. The summed E-state index contributed by atoms with van der Waals surface area (Å²) in [5, 5.41) is 2.83. The summed E-state index contributed by atoms with van der Waals surface area (Å²) in [6, 6.07) is 7.02. The van der Waals surface area contributed by atoms with Crippen LogP contribution in [0.1, 0.15) is 21.6 Å². The number of amides is 1. The van der Waals surface area contributed by atoms with Gasteiger partial charge in [0.25, 0.3) is 5.91 Å². The van der Waals surface area contributed by atoms with Gasteiger partial charge in [-0.2, -0.15) is 0 Å². The molecule has 0 saturated carbocycles. The van der Waals surface area contributed by atoms with Gasteiger partial charge in [0, 0.05) is 30.2 Å². The number of hydrazine groups is 1. The number of pyridine rings is 2. The summed E-state index contributed by atoms with van der Waals surface area (Å²) in [6.45, 7) is 2.26. The fourth-order valence-corrected chi connectivity index (χ4v) is 1.66. The Labute approximate surface area is 111 Å². The molecule has 98 valence electrons. The van der Waals surface area contributed by atoms with Crippen molar-refractivity contribution in [1.29, 1.82) is 0 Å². The van der Waals surface area contributed by atoms with Crippen LogP contribution in [0.15, 0.2) is 36.7 Å². The van der Waals surface area contributed by atoms with E-state index in [2.05, 4.69) is 20.7 Å². The highest BCUT2D eigenvalue weighted by atomic mass is 16.1. The van der Waals surface area contributed by atoms with Gasteiger partial charge < -0.3 is 10.7 Å². The zero-order chi connectivity index (χ0) is 13.7. The zero-order valence-electron chi connectivity index (χ0n) is 10.6. The van der Waals surface area contributed by atoms with Crippen molar-refractivity contribution in [3.8, 4) is 0 Å². The van der Waals surface area contributed by atoms with Gasteiger partial charge in [-0.1, -0.05) is 0 Å². The number of aromatic nitrogens is 2. The first-order chi connectivity index (χ1) is 9.19. The quantitative estimate of drug-likeness (QED) is 0.561. The first-order valence-corrected chi connectivity index (χ1v) is 5.81. The Morgan fingerprint density at radius 2 is 2.05 bits per heavy atom. The molecule has 0 aliphatic carbocycles. The molecule has 0 aliphatic heterocycles. The van der Waals surface area contributed by atoms with Crippen molar-refractivity contribution in [2.75, 3.05) is 5.43 Å². The Bertz CT molecular complexity index is 571. The predicted molar refractivity (Wildman–Crippen MR) is 72.2 cm³/mol. The second-order valence-corrected chi connectivity index (χ2v) is 4.06. The predicted octanol–water partition coefficient (Wildman–Crippen LogP) is 1.00. The first kappa shape index (κ1) is 13.0. The van der Waals surface area contributed by atoms with Gasteiger partial charge >= 0.3 is 0 Å². The Hall–Kier alpha value is -2.47. The summed E-state index contributed by atoms with van der Waals surface area (Å²) in [7, 11) is 0. The van der Waals surface area contributed by atoms with E-state index in [-0.39, 0.29) is 5.91 Å². The van der Waals surface area contributed by atoms with Crippen molar-refractivity contribution < 1.29 is 4.79 Å². The van der Waals surface area contributed by atoms with E-state index >= 15 is 0 Å². The van der Waals surface area contributed by atoms with E-state index in [4.69, 9.17) is 5.84 Å². The van der Waals surface area contributed by atoms with Crippen molar-refractivity contribution in [3.05, 3.63) is 53.5 Å². The van der Waals surface area contributed by atoms with Gasteiger partial charge in [-0.25, -0.2) is 10.8 Å². The summed E-state index contributed by atoms with van der Waals surface area (Å²) in [4.78, 5) is 20.1. The van der Waals surface area contributed by atoms with Crippen LogP contribution in [-0.4, -0.2) is 15.9 Å². The van der Waals surface area contributed by atoms with Crippen LogP contribution in [0.3, 0.4) is 0 Å². The topological polar surface area (TPSA) is 92.9 Å². The number of rotatable bonds is 4. The molecule has 0 fully saturated rings. The molecule has 4 N–H and O–H groups in total. The van der Waals surface area contributed by atoms with E-state index in [0.29, 0.717) is 17.9 Å². The Balaban J connectivity index is 2.06. The van der Waals surface area contributed by atoms with Crippen LogP contribution in [-0.2, 0) is 6.54 Å². The lowest BCUT2D eigenvalue weighted by atomic mass is 10.2. The third-order valence-corrected chi connectivity index (χ3v) is 2.57. The molecule has 2 rings (SSSR count). The molecule has 0 bridgehead atoms. The minimum atomic E-state index is -0.168. The Kier molecular flexibility index (Phi) is 4.04. The van der Waals surface area contributed by atoms with Crippen molar-refractivity contribution in [2.24, 2.45) is 5.84 Å². The lowest BCUT2D eigenvalue weighted by Gasteiger charge is -2.07. The van der Waals surface area contributed by atoms with E-state index < -0.39 is 0 Å². The molecule has 0 aromatic carbocycles. The molecular formula is C13H15N5O. The standard InChI is InChI=1S/C13H15N5O/c1-9-6-11(7-12(17-9)18-14)13(19)16-8-10-2-4-15-5-3-10/h2-7H,8,14H2,1H3,(H,16,19)(H,17,18). The highest BCUT2D eigenvalue weighted by Crippen LogP contribution is 2.09. The molecular weight excluding hydrogens is 242 g/mol. The average molecular weight is 257 g/mol. The third-order valence-electron chi connectivity index (χ3n) is 2.57. The summed E-state index contributed by atoms with van der Waals surface area (Å²) in [5.41, 5.74) is 4.68. The highest BCUT2D eigenvalue weighted by molar-refractivity contribution is 5.94. The molecule has 6 heteroatoms. The number of hydrogen-bond acceptors (Lipinski definition) is 5. The molecule has 0 spiro atoms. The summed E-state index contributed by atoms with van der Waals surface area (Å²) < 4.78 is 0. The molecule has 19 heavy (non-hydrogen) atoms. The highest BCUT2D eigenvalue weighted by Gasteiger charge is 2.08. The summed E-state index contributed by atoms with van der Waals surface area (Å²) in [5.74, 6) is 5.60. The first-order valence-electron chi connectivity index (χ1n) is 5.81. The zero-order valence-corrected chi connectivity index (χ0v) is 10.6. The number of nitrogens with one attached hydrogen (secondary N) is 2. The number of hydrogen-bond donors (Lipinski definition) is 3. The van der Waals surface area contributed by atoms with Crippen LogP contribution in [0, 0.1) is 6.92 Å². The molecule has 0 aliphatic rings. The van der Waals surface area contributed by atoms with Crippen LogP contribution >= 0.6 is 0 Å². The maximum atomic E-state index is 12.0. The number of carbonyl (C=O) groups excluding carboxylic acids is 1. The number of nitrogen functional groups attached to an aromatic ring is 1. The van der Waals surface area contributed by atoms with Crippen molar-refractivity contribution in [2.45, 2.75) is 13.5 Å². The van der Waals surface area contributed by atoms with E-state index in [1.807, 2.05) is 12.1 Å². The number of carbonyl (C=O) groups is 1. The van der Waals surface area contributed by atoms with Crippen LogP contribution in [0.4, 0.5) is 5.82 Å². The normalized spacial score (nSPS) is 10.0. The maximum Gasteiger partial charge on any atom is 0.251 e. The van der Waals surface area contributed by atoms with E-state index in [1.165, 1.54) is 0 Å². The molecule has 2 heterocycles. The van der Waals surface area contributed by atoms with Gasteiger partial charge in [0.2, 0.25) is 0 Å². The Morgan fingerprint density at radius 3 is 2.74 bits per heavy atom. The number of nitrogens with two attached hydrogens (primary N) is 1. The fourth-order valence-electron chi connectivity index (χ4n) is 1.66. The van der Waals surface area contributed by atoms with E-state index in [0.717, 1.165) is 11.3 Å². The minimum Gasteiger partial charge on any atom is -0.348 e. The van der Waals surface area contributed by atoms with Crippen LogP contribution < -0.4 is 16.6 Å². The monoisotopic (exact) mass is 257 g/mol. The van der Waals surface area contributed by atoms with Crippen LogP contribution in [0.5, 0.6) is 0 Å². The second-order valence-electron chi connectivity index (χ2n) is 4.06. The van der Waals surface area contributed by atoms with Crippen molar-refractivity contribution >= 4 is 11.7 Å². The molecule has 2 aromatic heterocycles. The van der Waals surface area contributed by atoms with E-state index in [9.17, 15) is 4.79 Å².